The van der Waals surface area contributed by atoms with Crippen LogP contribution < -0.4 is 0 Å². The number of phosphoric ester groups is 1. The summed E-state index contributed by atoms with van der Waals surface area (Å²) in [5.74, 6) is -0.968. The van der Waals surface area contributed by atoms with E-state index in [4.69, 9.17) is 19.1 Å². The summed E-state index contributed by atoms with van der Waals surface area (Å²) in [6.45, 7) is 1.98. The Morgan fingerprint density at radius 1 is 0.531 bits per heavy atom. The smallest absolute Gasteiger partial charge is 0.462 e. The van der Waals surface area contributed by atoms with Crippen LogP contribution in [0.4, 0.5) is 0 Å². The molecule has 292 valence electrons. The molecule has 0 heterocycles. The molecular formula is C37H73O11P. The molecule has 0 aliphatic carbocycles. The molecule has 0 saturated heterocycles. The normalized spacial score (nSPS) is 14.7. The van der Waals surface area contributed by atoms with E-state index in [0.29, 0.717) is 12.8 Å². The summed E-state index contributed by atoms with van der Waals surface area (Å²) in [4.78, 5) is 34.9. The number of rotatable bonds is 37. The summed E-state index contributed by atoms with van der Waals surface area (Å²) in [6.07, 6.45) is 24.3. The first-order chi connectivity index (χ1) is 23.6. The summed E-state index contributed by atoms with van der Waals surface area (Å²) >= 11 is 0. The van der Waals surface area contributed by atoms with E-state index in [1.165, 1.54) is 103 Å². The van der Waals surface area contributed by atoms with Gasteiger partial charge in [-0.15, -0.1) is 0 Å². The second-order valence-electron chi connectivity index (χ2n) is 13.5. The van der Waals surface area contributed by atoms with Crippen molar-refractivity contribution in [1.82, 2.24) is 0 Å². The molecule has 4 N–H and O–H groups in total. The SMILES string of the molecule is CCCCCCCCCCCCCCCCCC(=O)OC[C@H](COP(=O)(O)OC[C@@H](O)[C@H](O)CO)OC(=O)CCCCCCCCCCC. The van der Waals surface area contributed by atoms with Gasteiger partial charge in [0.25, 0.3) is 0 Å². The number of hydrogen-bond donors (Lipinski definition) is 4. The van der Waals surface area contributed by atoms with Gasteiger partial charge in [-0.2, -0.15) is 0 Å². The van der Waals surface area contributed by atoms with Crippen LogP contribution in [0.1, 0.15) is 181 Å². The van der Waals surface area contributed by atoms with Gasteiger partial charge in [0, 0.05) is 12.8 Å². The van der Waals surface area contributed by atoms with Crippen LogP contribution in [0.2, 0.25) is 0 Å². The molecule has 0 rings (SSSR count). The van der Waals surface area contributed by atoms with Crippen molar-refractivity contribution in [2.75, 3.05) is 26.4 Å². The van der Waals surface area contributed by atoms with E-state index in [-0.39, 0.29) is 19.4 Å². The monoisotopic (exact) mass is 724 g/mol. The number of unbranched alkanes of at least 4 members (excludes halogenated alkanes) is 22. The highest BCUT2D eigenvalue weighted by Gasteiger charge is 2.28. The Morgan fingerprint density at radius 2 is 0.898 bits per heavy atom. The molecule has 0 bridgehead atoms. The fourth-order valence-corrected chi connectivity index (χ4v) is 6.23. The molecular weight excluding hydrogens is 651 g/mol. The van der Waals surface area contributed by atoms with Crippen molar-refractivity contribution in [2.45, 2.75) is 199 Å². The van der Waals surface area contributed by atoms with Gasteiger partial charge in [0.1, 0.15) is 18.8 Å². The lowest BCUT2D eigenvalue weighted by Crippen LogP contribution is -2.33. The largest absolute Gasteiger partial charge is 0.472 e. The second kappa shape index (κ2) is 34.0. The fourth-order valence-electron chi connectivity index (χ4n) is 5.46. The van der Waals surface area contributed by atoms with Crippen molar-refractivity contribution in [3.63, 3.8) is 0 Å². The lowest BCUT2D eigenvalue weighted by molar-refractivity contribution is -0.161. The van der Waals surface area contributed by atoms with E-state index in [2.05, 4.69) is 18.4 Å². The van der Waals surface area contributed by atoms with Crippen LogP contribution in [0.25, 0.3) is 0 Å². The van der Waals surface area contributed by atoms with Gasteiger partial charge in [0.05, 0.1) is 19.8 Å². The molecule has 0 aromatic heterocycles. The average Bonchev–Trinajstić information content (AvgIpc) is 3.08. The van der Waals surface area contributed by atoms with Crippen LogP contribution in [0, 0.1) is 0 Å². The zero-order valence-corrected chi connectivity index (χ0v) is 31.9. The third-order valence-corrected chi connectivity index (χ3v) is 9.61. The Hall–Kier alpha value is -1.07. The van der Waals surface area contributed by atoms with Crippen molar-refractivity contribution in [2.24, 2.45) is 0 Å². The highest BCUT2D eigenvalue weighted by Crippen LogP contribution is 2.43. The zero-order valence-electron chi connectivity index (χ0n) is 31.0. The number of phosphoric acid groups is 1. The van der Waals surface area contributed by atoms with Gasteiger partial charge in [0.2, 0.25) is 0 Å². The summed E-state index contributed by atoms with van der Waals surface area (Å²) in [6, 6.07) is 0. The van der Waals surface area contributed by atoms with Crippen LogP contribution in [0.15, 0.2) is 0 Å². The zero-order chi connectivity index (χ0) is 36.4. The van der Waals surface area contributed by atoms with E-state index in [9.17, 15) is 29.3 Å². The summed E-state index contributed by atoms with van der Waals surface area (Å²) < 4.78 is 32.7. The quantitative estimate of drug-likeness (QED) is 0.0275. The highest BCUT2D eigenvalue weighted by molar-refractivity contribution is 7.47. The van der Waals surface area contributed by atoms with Gasteiger partial charge in [-0.05, 0) is 12.8 Å². The lowest BCUT2D eigenvalue weighted by atomic mass is 10.0. The summed E-state index contributed by atoms with van der Waals surface area (Å²) in [5, 5.41) is 28.0. The standard InChI is InChI=1S/C37H73O11P/c1-3-5-7-9-11-13-14-15-16-17-18-20-21-23-25-27-36(41)45-30-33(31-46-49(43,44)47-32-35(40)34(39)29-38)48-37(42)28-26-24-22-19-12-10-8-6-4-2/h33-35,38-40H,3-32H2,1-2H3,(H,43,44)/t33-,34-,35-/m1/s1. The van der Waals surface area contributed by atoms with Gasteiger partial charge >= 0.3 is 19.8 Å². The first-order valence-corrected chi connectivity index (χ1v) is 21.1. The van der Waals surface area contributed by atoms with Gasteiger partial charge < -0.3 is 29.7 Å². The van der Waals surface area contributed by atoms with Gasteiger partial charge in [-0.3, -0.25) is 18.6 Å². The molecule has 0 radical (unpaired) electrons. The molecule has 0 aromatic carbocycles. The molecule has 0 saturated carbocycles. The van der Waals surface area contributed by atoms with Crippen molar-refractivity contribution >= 4 is 19.8 Å². The molecule has 0 aromatic rings. The Balaban J connectivity index is 4.40. The minimum atomic E-state index is -4.72. The molecule has 4 atom stereocenters. The summed E-state index contributed by atoms with van der Waals surface area (Å²) in [7, 11) is -4.72. The molecule has 0 aliphatic heterocycles. The molecule has 12 heteroatoms. The molecule has 1 unspecified atom stereocenters. The topological polar surface area (TPSA) is 169 Å². The van der Waals surface area contributed by atoms with E-state index in [1.807, 2.05) is 0 Å². The van der Waals surface area contributed by atoms with Crippen LogP contribution in [0.3, 0.4) is 0 Å². The summed E-state index contributed by atoms with van der Waals surface area (Å²) in [5.41, 5.74) is 0. The van der Waals surface area contributed by atoms with Crippen LogP contribution in [-0.4, -0.2) is 76.9 Å². The fraction of sp³-hybridized carbons (Fsp3) is 0.946. The first kappa shape index (κ1) is 47.9. The number of hydrogen-bond acceptors (Lipinski definition) is 10. The number of carbonyl (C=O) groups excluding carboxylic acids is 2. The van der Waals surface area contributed by atoms with Crippen LogP contribution >= 0.6 is 7.82 Å². The minimum Gasteiger partial charge on any atom is -0.462 e. The third-order valence-electron chi connectivity index (χ3n) is 8.66. The van der Waals surface area contributed by atoms with E-state index in [1.54, 1.807) is 0 Å². The molecule has 49 heavy (non-hydrogen) atoms. The van der Waals surface area contributed by atoms with Crippen molar-refractivity contribution in [1.29, 1.82) is 0 Å². The molecule has 0 aliphatic rings. The third kappa shape index (κ3) is 32.6. The van der Waals surface area contributed by atoms with Gasteiger partial charge in [-0.1, -0.05) is 155 Å². The highest BCUT2D eigenvalue weighted by atomic mass is 31.2. The van der Waals surface area contributed by atoms with Gasteiger partial charge in [0.15, 0.2) is 6.10 Å². The second-order valence-corrected chi connectivity index (χ2v) is 14.9. The Morgan fingerprint density at radius 3 is 1.31 bits per heavy atom. The molecule has 0 amide bonds. The maximum atomic E-state index is 12.5. The number of aliphatic hydroxyl groups is 3. The Bertz CT molecular complexity index is 813. The van der Waals surface area contributed by atoms with E-state index in [0.717, 1.165) is 38.5 Å². The molecule has 0 spiro atoms. The average molecular weight is 725 g/mol. The van der Waals surface area contributed by atoms with Gasteiger partial charge in [-0.25, -0.2) is 4.57 Å². The minimum absolute atomic E-state index is 0.165. The van der Waals surface area contributed by atoms with E-state index >= 15 is 0 Å². The lowest BCUT2D eigenvalue weighted by Gasteiger charge is -2.21. The molecule has 11 nitrogen and oxygen atoms in total. The first-order valence-electron chi connectivity index (χ1n) is 19.6. The van der Waals surface area contributed by atoms with Crippen molar-refractivity contribution < 1.29 is 52.9 Å². The van der Waals surface area contributed by atoms with Crippen molar-refractivity contribution in [3.05, 3.63) is 0 Å². The maximum Gasteiger partial charge on any atom is 0.472 e. The van der Waals surface area contributed by atoms with Crippen LogP contribution in [-0.2, 0) is 32.7 Å². The Labute approximate surface area is 297 Å². The predicted octanol–water partition coefficient (Wildman–Crippen LogP) is 8.47. The Kier molecular flexibility index (Phi) is 33.3. The predicted molar refractivity (Wildman–Crippen MR) is 193 cm³/mol. The van der Waals surface area contributed by atoms with E-state index < -0.39 is 57.9 Å². The van der Waals surface area contributed by atoms with Crippen LogP contribution in [0.5, 0.6) is 0 Å². The van der Waals surface area contributed by atoms with Crippen molar-refractivity contribution in [3.8, 4) is 0 Å². The number of aliphatic hydroxyl groups excluding tert-OH is 3. The number of ether oxygens (including phenoxy) is 2. The molecule has 0 fully saturated rings. The number of carbonyl (C=O) groups is 2. The maximum absolute atomic E-state index is 12.5. The number of esters is 2.